The number of hydrogen-bond donors (Lipinski definition) is 0. The molecule has 0 N–H and O–H groups in total. The lowest BCUT2D eigenvalue weighted by atomic mass is 9.97. The molecule has 4 rings (SSSR count). The van der Waals surface area contributed by atoms with Crippen molar-refractivity contribution in [2.24, 2.45) is 0 Å². The fraction of sp³-hybridized carbons (Fsp3) is 0.364. The Kier molecular flexibility index (Phi) is 5.46. The summed E-state index contributed by atoms with van der Waals surface area (Å²) in [4.78, 5) is 27.8. The zero-order valence-electron chi connectivity index (χ0n) is 16.2. The van der Waals surface area contributed by atoms with Crippen molar-refractivity contribution in [1.29, 1.82) is 0 Å². The van der Waals surface area contributed by atoms with E-state index in [0.717, 1.165) is 54.9 Å². The van der Waals surface area contributed by atoms with Gasteiger partial charge in [0, 0.05) is 55.0 Å². The van der Waals surface area contributed by atoms with Gasteiger partial charge >= 0.3 is 0 Å². The number of nitrogens with zero attached hydrogens (tertiary/aromatic N) is 5. The predicted octanol–water partition coefficient (Wildman–Crippen LogP) is 3.73. The van der Waals surface area contributed by atoms with Gasteiger partial charge in [0.2, 0.25) is 0 Å². The number of hydrogen-bond acceptors (Lipinski definition) is 4. The second-order valence-electron chi connectivity index (χ2n) is 7.31. The van der Waals surface area contributed by atoms with Crippen molar-refractivity contribution in [3.63, 3.8) is 0 Å². The highest BCUT2D eigenvalue weighted by Crippen LogP contribution is 2.25. The smallest absolute Gasteiger partial charge is 0.254 e. The minimum atomic E-state index is 0.116. The number of benzene rings is 1. The molecule has 3 heterocycles. The van der Waals surface area contributed by atoms with Crippen molar-refractivity contribution in [3.05, 3.63) is 66.8 Å². The SMILES string of the molecule is Cc1nccn1CCC1CCCCN1C(=O)c1cccc(-c2cncnc2)c1. The van der Waals surface area contributed by atoms with Crippen LogP contribution in [0.1, 0.15) is 41.9 Å². The minimum Gasteiger partial charge on any atom is -0.336 e. The van der Waals surface area contributed by atoms with Crippen LogP contribution >= 0.6 is 0 Å². The Morgan fingerprint density at radius 1 is 1.18 bits per heavy atom. The van der Waals surface area contributed by atoms with Crippen LogP contribution in [0.4, 0.5) is 0 Å². The molecule has 3 aromatic rings. The molecule has 2 aromatic heterocycles. The molecule has 0 spiro atoms. The first kappa shape index (κ1) is 18.3. The number of imidazole rings is 1. The fourth-order valence-corrected chi connectivity index (χ4v) is 3.94. The average Bonchev–Trinajstić information content (AvgIpc) is 3.17. The highest BCUT2D eigenvalue weighted by molar-refractivity contribution is 5.95. The Hall–Kier alpha value is -3.02. The summed E-state index contributed by atoms with van der Waals surface area (Å²) in [5, 5.41) is 0. The zero-order valence-corrected chi connectivity index (χ0v) is 16.2. The van der Waals surface area contributed by atoms with Gasteiger partial charge in [0.25, 0.3) is 5.91 Å². The van der Waals surface area contributed by atoms with E-state index < -0.39 is 0 Å². The molecule has 144 valence electrons. The van der Waals surface area contributed by atoms with Crippen molar-refractivity contribution in [1.82, 2.24) is 24.4 Å². The maximum Gasteiger partial charge on any atom is 0.254 e. The molecule has 1 unspecified atom stereocenters. The molecule has 0 aliphatic carbocycles. The number of amides is 1. The summed E-state index contributed by atoms with van der Waals surface area (Å²) in [6.45, 7) is 3.73. The Morgan fingerprint density at radius 3 is 2.82 bits per heavy atom. The number of rotatable bonds is 5. The van der Waals surface area contributed by atoms with E-state index in [-0.39, 0.29) is 11.9 Å². The largest absolute Gasteiger partial charge is 0.336 e. The lowest BCUT2D eigenvalue weighted by Gasteiger charge is -2.36. The van der Waals surface area contributed by atoms with Gasteiger partial charge in [-0.15, -0.1) is 0 Å². The van der Waals surface area contributed by atoms with E-state index in [2.05, 4.69) is 24.4 Å². The van der Waals surface area contributed by atoms with E-state index in [1.165, 1.54) is 12.7 Å². The summed E-state index contributed by atoms with van der Waals surface area (Å²) >= 11 is 0. The lowest BCUT2D eigenvalue weighted by molar-refractivity contribution is 0.0595. The number of carbonyl (C=O) groups is 1. The summed E-state index contributed by atoms with van der Waals surface area (Å²) in [5.41, 5.74) is 2.61. The van der Waals surface area contributed by atoms with E-state index in [1.807, 2.05) is 43.6 Å². The Labute approximate surface area is 165 Å². The van der Waals surface area contributed by atoms with E-state index in [0.29, 0.717) is 0 Å². The van der Waals surface area contributed by atoms with Crippen molar-refractivity contribution >= 4 is 5.91 Å². The average molecular weight is 375 g/mol. The van der Waals surface area contributed by atoms with Crippen LogP contribution in [0.15, 0.2) is 55.4 Å². The van der Waals surface area contributed by atoms with Gasteiger partial charge in [-0.2, -0.15) is 0 Å². The van der Waals surface area contributed by atoms with Gasteiger partial charge in [-0.25, -0.2) is 15.0 Å². The second kappa shape index (κ2) is 8.33. The van der Waals surface area contributed by atoms with Crippen LogP contribution in [-0.4, -0.2) is 42.9 Å². The van der Waals surface area contributed by atoms with E-state index in [1.54, 1.807) is 12.4 Å². The molecular weight excluding hydrogens is 350 g/mol. The van der Waals surface area contributed by atoms with Crippen LogP contribution in [0.3, 0.4) is 0 Å². The number of piperidine rings is 1. The third kappa shape index (κ3) is 3.96. The predicted molar refractivity (Wildman–Crippen MR) is 108 cm³/mol. The summed E-state index contributed by atoms with van der Waals surface area (Å²) in [6.07, 6.45) is 13.2. The molecule has 1 fully saturated rings. The van der Waals surface area contributed by atoms with Crippen LogP contribution in [0.25, 0.3) is 11.1 Å². The molecule has 1 amide bonds. The van der Waals surface area contributed by atoms with Gasteiger partial charge in [-0.3, -0.25) is 4.79 Å². The molecular formula is C22H25N5O. The Balaban J connectivity index is 1.51. The molecule has 0 radical (unpaired) electrons. The van der Waals surface area contributed by atoms with Crippen LogP contribution in [-0.2, 0) is 6.54 Å². The van der Waals surface area contributed by atoms with Gasteiger partial charge < -0.3 is 9.47 Å². The summed E-state index contributed by atoms with van der Waals surface area (Å²) in [5.74, 6) is 1.14. The maximum absolute atomic E-state index is 13.3. The number of aromatic nitrogens is 4. The molecule has 6 heteroatoms. The first-order valence-electron chi connectivity index (χ1n) is 9.86. The van der Waals surface area contributed by atoms with E-state index in [9.17, 15) is 4.79 Å². The maximum atomic E-state index is 13.3. The molecule has 28 heavy (non-hydrogen) atoms. The molecule has 6 nitrogen and oxygen atoms in total. The van der Waals surface area contributed by atoms with Crippen molar-refractivity contribution in [3.8, 4) is 11.1 Å². The third-order valence-corrected chi connectivity index (χ3v) is 5.52. The molecule has 1 aliphatic heterocycles. The van der Waals surface area contributed by atoms with Gasteiger partial charge in [-0.1, -0.05) is 12.1 Å². The Morgan fingerprint density at radius 2 is 2.04 bits per heavy atom. The highest BCUT2D eigenvalue weighted by Gasteiger charge is 2.27. The van der Waals surface area contributed by atoms with Crippen LogP contribution in [0.2, 0.25) is 0 Å². The van der Waals surface area contributed by atoms with Crippen molar-refractivity contribution in [2.75, 3.05) is 6.54 Å². The molecule has 1 aliphatic rings. The van der Waals surface area contributed by atoms with E-state index in [4.69, 9.17) is 0 Å². The molecule has 1 saturated heterocycles. The molecule has 1 atom stereocenters. The Bertz CT molecular complexity index is 937. The highest BCUT2D eigenvalue weighted by atomic mass is 16.2. The molecule has 0 saturated carbocycles. The quantitative estimate of drug-likeness (QED) is 0.682. The van der Waals surface area contributed by atoms with Crippen molar-refractivity contribution in [2.45, 2.75) is 45.2 Å². The van der Waals surface area contributed by atoms with Gasteiger partial charge in [0.15, 0.2) is 0 Å². The zero-order chi connectivity index (χ0) is 19.3. The van der Waals surface area contributed by atoms with Gasteiger partial charge in [0.1, 0.15) is 12.2 Å². The normalized spacial score (nSPS) is 16.9. The minimum absolute atomic E-state index is 0.116. The lowest BCUT2D eigenvalue weighted by Crippen LogP contribution is -2.44. The topological polar surface area (TPSA) is 63.9 Å². The number of aryl methyl sites for hydroxylation is 2. The third-order valence-electron chi connectivity index (χ3n) is 5.52. The van der Waals surface area contributed by atoms with Gasteiger partial charge in [0.05, 0.1) is 0 Å². The number of carbonyl (C=O) groups excluding carboxylic acids is 1. The fourth-order valence-electron chi connectivity index (χ4n) is 3.94. The van der Waals surface area contributed by atoms with Crippen molar-refractivity contribution < 1.29 is 4.79 Å². The molecule has 0 bridgehead atoms. The van der Waals surface area contributed by atoms with Crippen LogP contribution < -0.4 is 0 Å². The first-order chi connectivity index (χ1) is 13.7. The van der Waals surface area contributed by atoms with E-state index >= 15 is 0 Å². The molecule has 1 aromatic carbocycles. The second-order valence-corrected chi connectivity index (χ2v) is 7.31. The first-order valence-corrected chi connectivity index (χ1v) is 9.86. The summed E-state index contributed by atoms with van der Waals surface area (Å²) in [6, 6.07) is 8.05. The summed E-state index contributed by atoms with van der Waals surface area (Å²) < 4.78 is 2.16. The number of likely N-dealkylation sites (tertiary alicyclic amines) is 1. The monoisotopic (exact) mass is 375 g/mol. The van der Waals surface area contributed by atoms with Crippen LogP contribution in [0, 0.1) is 6.92 Å². The van der Waals surface area contributed by atoms with Gasteiger partial charge in [-0.05, 0) is 50.3 Å². The van der Waals surface area contributed by atoms with Crippen LogP contribution in [0.5, 0.6) is 0 Å². The standard InChI is InChI=1S/C22H25N5O/c1-17-25-9-12-26(17)11-8-21-7-2-3-10-27(21)22(28)19-6-4-5-18(13-19)20-14-23-16-24-15-20/h4-6,9,12-16,21H,2-3,7-8,10-11H2,1H3. The summed E-state index contributed by atoms with van der Waals surface area (Å²) in [7, 11) is 0.